The highest BCUT2D eigenvalue weighted by atomic mass is 19.3. The lowest BCUT2D eigenvalue weighted by Gasteiger charge is -2.46. The molecule has 0 spiro atoms. The number of piperazine rings is 1. The lowest BCUT2D eigenvalue weighted by Crippen LogP contribution is -2.58. The number of aryl methyl sites for hydroxylation is 1. The Kier molecular flexibility index (Phi) is 6.21. The molecule has 0 aliphatic carbocycles. The molecular weight excluding hydrogens is 455 g/mol. The second-order valence-electron chi connectivity index (χ2n) is 9.62. The number of fused-ring (bicyclic) bond motifs is 4. The summed E-state index contributed by atoms with van der Waals surface area (Å²) in [6, 6.07) is 8.19. The first kappa shape index (κ1) is 23.7. The van der Waals surface area contributed by atoms with Gasteiger partial charge in [0.2, 0.25) is 0 Å². The van der Waals surface area contributed by atoms with Gasteiger partial charge in [0.25, 0.3) is 6.43 Å². The molecule has 2 aromatic carbocycles. The minimum absolute atomic E-state index is 0.165. The molecule has 3 heterocycles. The van der Waals surface area contributed by atoms with Crippen LogP contribution in [-0.4, -0.2) is 53.2 Å². The minimum atomic E-state index is -2.88. The molecule has 5 rings (SSSR count). The van der Waals surface area contributed by atoms with Gasteiger partial charge < -0.3 is 15.0 Å². The zero-order valence-electron chi connectivity index (χ0n) is 20.4. The zero-order chi connectivity index (χ0) is 24.9. The van der Waals surface area contributed by atoms with E-state index in [0.717, 1.165) is 42.5 Å². The molecule has 2 atom stereocenters. The maximum Gasteiger partial charge on any atom is 0.266 e. The maximum atomic E-state index is 14.8. The van der Waals surface area contributed by atoms with Gasteiger partial charge in [-0.05, 0) is 33.8 Å². The van der Waals surface area contributed by atoms with Gasteiger partial charge >= 0.3 is 0 Å². The third-order valence-corrected chi connectivity index (χ3v) is 6.99. The van der Waals surface area contributed by atoms with Crippen molar-refractivity contribution in [1.29, 1.82) is 0 Å². The number of alkyl halides is 2. The first-order valence-electron chi connectivity index (χ1n) is 12.0. The second kappa shape index (κ2) is 9.18. The molecule has 186 valence electrons. The van der Waals surface area contributed by atoms with Gasteiger partial charge in [0, 0.05) is 42.7 Å². The molecule has 2 aliphatic heterocycles. The van der Waals surface area contributed by atoms with E-state index in [1.807, 2.05) is 12.1 Å². The molecule has 3 aromatic rings. The lowest BCUT2D eigenvalue weighted by molar-refractivity contribution is 0.142. The van der Waals surface area contributed by atoms with Crippen molar-refractivity contribution in [3.63, 3.8) is 0 Å². The van der Waals surface area contributed by atoms with E-state index in [1.165, 1.54) is 12.1 Å². The van der Waals surface area contributed by atoms with Crippen LogP contribution < -0.4 is 15.0 Å². The third kappa shape index (κ3) is 4.37. The van der Waals surface area contributed by atoms with Crippen LogP contribution >= 0.6 is 0 Å². The Bertz CT molecular complexity index is 1250. The average molecular weight is 486 g/mol. The first-order chi connectivity index (χ1) is 16.7. The quantitative estimate of drug-likeness (QED) is 0.517. The Morgan fingerprint density at radius 2 is 1.86 bits per heavy atom. The van der Waals surface area contributed by atoms with E-state index in [4.69, 9.17) is 4.74 Å². The molecule has 1 fully saturated rings. The Morgan fingerprint density at radius 1 is 1.09 bits per heavy atom. The number of benzene rings is 2. The molecule has 0 bridgehead atoms. The Labute approximate surface area is 203 Å². The fraction of sp³-hybridized carbons (Fsp3) is 0.462. The monoisotopic (exact) mass is 485 g/mol. The fourth-order valence-corrected chi connectivity index (χ4v) is 5.06. The van der Waals surface area contributed by atoms with E-state index in [0.29, 0.717) is 29.8 Å². The van der Waals surface area contributed by atoms with Crippen LogP contribution in [0.4, 0.5) is 24.7 Å². The highest BCUT2D eigenvalue weighted by molar-refractivity contribution is 5.94. The number of ether oxygens (including phenoxy) is 1. The van der Waals surface area contributed by atoms with Crippen LogP contribution in [0.3, 0.4) is 0 Å². The number of nitrogens with one attached hydrogen (secondary N) is 1. The summed E-state index contributed by atoms with van der Waals surface area (Å²) in [7, 11) is 0. The van der Waals surface area contributed by atoms with Gasteiger partial charge in [0.15, 0.2) is 0 Å². The Balaban J connectivity index is 1.51. The number of hydrogen-bond donors (Lipinski definition) is 1. The van der Waals surface area contributed by atoms with E-state index in [1.54, 1.807) is 13.8 Å². The van der Waals surface area contributed by atoms with Gasteiger partial charge in [-0.3, -0.25) is 4.90 Å². The van der Waals surface area contributed by atoms with Gasteiger partial charge in [0.05, 0.1) is 28.9 Å². The summed E-state index contributed by atoms with van der Waals surface area (Å²) in [4.78, 5) is 14.0. The molecule has 0 radical (unpaired) electrons. The summed E-state index contributed by atoms with van der Waals surface area (Å²) in [5, 5.41) is 4.03. The van der Waals surface area contributed by atoms with Crippen LogP contribution in [0.2, 0.25) is 0 Å². The summed E-state index contributed by atoms with van der Waals surface area (Å²) in [5.41, 5.74) is 1.27. The molecule has 0 saturated carbocycles. The lowest BCUT2D eigenvalue weighted by atomic mass is 10.0. The summed E-state index contributed by atoms with van der Waals surface area (Å²) in [6.07, 6.45) is -2.88. The Morgan fingerprint density at radius 3 is 2.60 bits per heavy atom. The van der Waals surface area contributed by atoms with E-state index in [2.05, 4.69) is 38.9 Å². The van der Waals surface area contributed by atoms with E-state index < -0.39 is 23.8 Å². The molecule has 1 saturated heterocycles. The molecule has 2 aliphatic rings. The zero-order valence-corrected chi connectivity index (χ0v) is 20.4. The molecule has 35 heavy (non-hydrogen) atoms. The van der Waals surface area contributed by atoms with Gasteiger partial charge in [-0.1, -0.05) is 18.2 Å². The fourth-order valence-electron chi connectivity index (χ4n) is 5.06. The van der Waals surface area contributed by atoms with E-state index >= 15 is 0 Å². The number of anilines is 2. The van der Waals surface area contributed by atoms with E-state index in [9.17, 15) is 13.2 Å². The van der Waals surface area contributed by atoms with Crippen molar-refractivity contribution >= 4 is 22.4 Å². The number of halogens is 3. The largest absolute Gasteiger partial charge is 0.489 e. The van der Waals surface area contributed by atoms with Crippen molar-refractivity contribution in [3.05, 3.63) is 53.1 Å². The topological polar surface area (TPSA) is 53.5 Å². The third-order valence-electron chi connectivity index (χ3n) is 6.99. The highest BCUT2D eigenvalue weighted by Gasteiger charge is 2.34. The van der Waals surface area contributed by atoms with Crippen molar-refractivity contribution in [2.75, 3.05) is 36.5 Å². The predicted octanol–water partition coefficient (Wildman–Crippen LogP) is 5.48. The van der Waals surface area contributed by atoms with Gasteiger partial charge in [-0.2, -0.15) is 0 Å². The van der Waals surface area contributed by atoms with Crippen LogP contribution in [-0.2, 0) is 0 Å². The standard InChI is InChI=1S/C26H30F3N5O/c1-14(2)33-8-9-34-17(12-33)13-35-23-11-21-20(10-22(23)34)26(32-16(4)31-21)30-15(3)18-6-5-7-19(24(18)27)25(28)29/h5-7,10-11,14-15,17,25H,8-9,12-13H2,1-4H3,(H,30,31,32)/t15-,17-/m1/s1. The molecular formula is C26H30F3N5O. The van der Waals surface area contributed by atoms with Gasteiger partial charge in [-0.15, -0.1) is 0 Å². The number of hydrogen-bond acceptors (Lipinski definition) is 6. The van der Waals surface area contributed by atoms with Gasteiger partial charge in [0.1, 0.15) is 29.8 Å². The average Bonchev–Trinajstić information content (AvgIpc) is 2.82. The Hall–Kier alpha value is -3.07. The van der Waals surface area contributed by atoms with Gasteiger partial charge in [-0.25, -0.2) is 23.1 Å². The van der Waals surface area contributed by atoms with Crippen LogP contribution in [0.5, 0.6) is 5.75 Å². The molecule has 0 amide bonds. The number of rotatable bonds is 5. The smallest absolute Gasteiger partial charge is 0.266 e. The summed E-state index contributed by atoms with van der Waals surface area (Å²) in [6.45, 7) is 11.3. The maximum absolute atomic E-state index is 14.8. The summed E-state index contributed by atoms with van der Waals surface area (Å²) in [5.74, 6) is 0.981. The SMILES string of the molecule is Cc1nc(N[C@H](C)c2cccc(C(F)F)c2F)c2cc3c(cc2n1)OC[C@H]1CN(C(C)C)CCN31. The first-order valence-corrected chi connectivity index (χ1v) is 12.0. The molecule has 6 nitrogen and oxygen atoms in total. The molecule has 1 aromatic heterocycles. The second-order valence-corrected chi connectivity index (χ2v) is 9.62. The van der Waals surface area contributed by atoms with Crippen LogP contribution in [0, 0.1) is 12.7 Å². The van der Waals surface area contributed by atoms with Crippen molar-refractivity contribution in [1.82, 2.24) is 14.9 Å². The van der Waals surface area contributed by atoms with Crippen LogP contribution in [0.15, 0.2) is 30.3 Å². The molecule has 0 unspecified atom stereocenters. The number of nitrogens with zero attached hydrogens (tertiary/aromatic N) is 4. The minimum Gasteiger partial charge on any atom is -0.489 e. The normalized spacial score (nSPS) is 19.0. The van der Waals surface area contributed by atoms with Crippen molar-refractivity contribution in [2.45, 2.75) is 52.2 Å². The van der Waals surface area contributed by atoms with Crippen LogP contribution in [0.25, 0.3) is 10.9 Å². The molecule has 9 heteroatoms. The highest BCUT2D eigenvalue weighted by Crippen LogP contribution is 2.40. The van der Waals surface area contributed by atoms with Crippen molar-refractivity contribution in [3.8, 4) is 5.75 Å². The van der Waals surface area contributed by atoms with Crippen molar-refractivity contribution in [2.24, 2.45) is 0 Å². The number of aromatic nitrogens is 2. The summed E-state index contributed by atoms with van der Waals surface area (Å²) >= 11 is 0. The van der Waals surface area contributed by atoms with Crippen molar-refractivity contribution < 1.29 is 17.9 Å². The van der Waals surface area contributed by atoms with E-state index in [-0.39, 0.29) is 11.6 Å². The summed E-state index contributed by atoms with van der Waals surface area (Å²) < 4.78 is 47.4. The van der Waals surface area contributed by atoms with Crippen LogP contribution in [0.1, 0.15) is 50.2 Å². The molecule has 1 N–H and O–H groups in total. The predicted molar refractivity (Wildman–Crippen MR) is 131 cm³/mol.